The van der Waals surface area contributed by atoms with E-state index in [2.05, 4.69) is 15.3 Å². The van der Waals surface area contributed by atoms with Crippen LogP contribution in [0.15, 0.2) is 71.1 Å². The van der Waals surface area contributed by atoms with Crippen LogP contribution in [0.25, 0.3) is 17.1 Å². The number of aromatic nitrogens is 3. The van der Waals surface area contributed by atoms with Gasteiger partial charge in [-0.15, -0.1) is 11.3 Å². The monoisotopic (exact) mass is 422 g/mol. The number of carbonyl (C=O) groups is 1. The van der Waals surface area contributed by atoms with Gasteiger partial charge in [-0.25, -0.2) is 4.98 Å². The molecule has 0 saturated carbocycles. The maximum absolute atomic E-state index is 12.7. The molecule has 8 heteroatoms. The van der Waals surface area contributed by atoms with Crippen LogP contribution in [-0.2, 0) is 0 Å². The number of amides is 1. The fourth-order valence-electron chi connectivity index (χ4n) is 2.71. The van der Waals surface area contributed by atoms with E-state index in [1.807, 2.05) is 31.2 Å². The highest BCUT2D eigenvalue weighted by atomic mass is 35.5. The van der Waals surface area contributed by atoms with Gasteiger partial charge in [0.25, 0.3) is 11.5 Å². The second kappa shape index (κ2) is 7.98. The lowest BCUT2D eigenvalue weighted by atomic mass is 10.2. The highest BCUT2D eigenvalue weighted by Crippen LogP contribution is 2.28. The summed E-state index contributed by atoms with van der Waals surface area (Å²) in [6.07, 6.45) is 3.15. The van der Waals surface area contributed by atoms with Crippen LogP contribution in [0.2, 0.25) is 5.02 Å². The minimum Gasteiger partial charge on any atom is -0.298 e. The van der Waals surface area contributed by atoms with E-state index in [1.54, 1.807) is 23.7 Å². The van der Waals surface area contributed by atoms with Crippen LogP contribution in [0.5, 0.6) is 0 Å². The number of benzene rings is 1. The first-order chi connectivity index (χ1) is 14.0. The second-order valence-electron chi connectivity index (χ2n) is 6.29. The van der Waals surface area contributed by atoms with Gasteiger partial charge in [0.15, 0.2) is 5.13 Å². The molecule has 0 aliphatic carbocycles. The average Bonchev–Trinajstić information content (AvgIpc) is 3.17. The Bertz CT molecular complexity index is 1250. The third-order valence-electron chi connectivity index (χ3n) is 4.21. The highest BCUT2D eigenvalue weighted by molar-refractivity contribution is 7.14. The van der Waals surface area contributed by atoms with E-state index in [4.69, 9.17) is 11.6 Å². The molecule has 0 atom stereocenters. The topological polar surface area (TPSA) is 76.9 Å². The smallest absolute Gasteiger partial charge is 0.258 e. The van der Waals surface area contributed by atoms with Gasteiger partial charge in [0, 0.05) is 29.5 Å². The van der Waals surface area contributed by atoms with Gasteiger partial charge in [0.2, 0.25) is 0 Å². The molecular formula is C21H15ClN4O2S. The summed E-state index contributed by atoms with van der Waals surface area (Å²) in [5, 5.41) is 5.44. The molecule has 29 heavy (non-hydrogen) atoms. The number of aryl methyl sites for hydroxylation is 1. The number of nitrogens with zero attached hydrogens (tertiary/aromatic N) is 3. The molecular weight excluding hydrogens is 408 g/mol. The van der Waals surface area contributed by atoms with Crippen LogP contribution in [0, 0.1) is 6.92 Å². The van der Waals surface area contributed by atoms with Crippen molar-refractivity contribution in [2.75, 3.05) is 5.32 Å². The maximum atomic E-state index is 12.7. The van der Waals surface area contributed by atoms with Gasteiger partial charge in [0.05, 0.1) is 10.6 Å². The van der Waals surface area contributed by atoms with Crippen molar-refractivity contribution in [3.63, 3.8) is 0 Å². The van der Waals surface area contributed by atoms with Gasteiger partial charge in [-0.1, -0.05) is 29.3 Å². The Labute approximate surface area is 175 Å². The summed E-state index contributed by atoms with van der Waals surface area (Å²) in [7, 11) is 0. The molecule has 1 amide bonds. The Hall–Kier alpha value is -3.29. The van der Waals surface area contributed by atoms with Crippen molar-refractivity contribution < 1.29 is 4.79 Å². The van der Waals surface area contributed by atoms with Gasteiger partial charge < -0.3 is 0 Å². The molecule has 1 aromatic carbocycles. The fraction of sp³-hybridized carbons (Fsp3) is 0.0476. The van der Waals surface area contributed by atoms with Crippen molar-refractivity contribution in [2.45, 2.75) is 6.92 Å². The Balaban J connectivity index is 1.58. The molecule has 0 saturated heterocycles. The van der Waals surface area contributed by atoms with Crippen LogP contribution in [0.3, 0.4) is 0 Å². The quantitative estimate of drug-likeness (QED) is 0.522. The Morgan fingerprint density at radius 1 is 1.14 bits per heavy atom. The summed E-state index contributed by atoms with van der Waals surface area (Å²) in [5.74, 6) is -0.362. The van der Waals surface area contributed by atoms with Crippen LogP contribution in [0.1, 0.15) is 15.9 Å². The molecule has 0 fully saturated rings. The predicted molar refractivity (Wildman–Crippen MR) is 115 cm³/mol. The molecule has 1 N–H and O–H groups in total. The number of nitrogens with one attached hydrogen (secondary N) is 1. The van der Waals surface area contributed by atoms with Crippen molar-refractivity contribution in [3.05, 3.63) is 92.8 Å². The summed E-state index contributed by atoms with van der Waals surface area (Å²) in [6.45, 7) is 1.97. The summed E-state index contributed by atoms with van der Waals surface area (Å²) < 4.78 is 1.44. The summed E-state index contributed by atoms with van der Waals surface area (Å²) >= 11 is 7.42. The van der Waals surface area contributed by atoms with Crippen LogP contribution in [-0.4, -0.2) is 20.4 Å². The molecule has 4 aromatic rings. The van der Waals surface area contributed by atoms with Gasteiger partial charge in [-0.3, -0.25) is 24.5 Å². The first-order valence-electron chi connectivity index (χ1n) is 8.69. The third kappa shape index (κ3) is 4.11. The van der Waals surface area contributed by atoms with Gasteiger partial charge >= 0.3 is 0 Å². The third-order valence-corrected chi connectivity index (χ3v) is 5.27. The van der Waals surface area contributed by atoms with E-state index < -0.39 is 0 Å². The SMILES string of the molecule is Cc1ccc(-n2cc(C(=O)Nc3nc(-c4ncccc4Cl)cs3)ccc2=O)cc1. The van der Waals surface area contributed by atoms with Crippen molar-refractivity contribution in [3.8, 4) is 17.1 Å². The van der Waals surface area contributed by atoms with Crippen LogP contribution >= 0.6 is 22.9 Å². The van der Waals surface area contributed by atoms with Crippen molar-refractivity contribution in [1.82, 2.24) is 14.5 Å². The first-order valence-corrected chi connectivity index (χ1v) is 9.94. The van der Waals surface area contributed by atoms with Crippen molar-refractivity contribution in [1.29, 1.82) is 0 Å². The number of hydrogen-bond donors (Lipinski definition) is 1. The van der Waals surface area contributed by atoms with Crippen LogP contribution in [0.4, 0.5) is 5.13 Å². The minimum absolute atomic E-state index is 0.216. The van der Waals surface area contributed by atoms with E-state index in [-0.39, 0.29) is 11.5 Å². The summed E-state index contributed by atoms with van der Waals surface area (Å²) in [5.41, 5.74) is 3.05. The molecule has 3 heterocycles. The van der Waals surface area contributed by atoms with E-state index in [1.165, 1.54) is 34.2 Å². The summed E-state index contributed by atoms with van der Waals surface area (Å²) in [6, 6.07) is 13.8. The molecule has 0 radical (unpaired) electrons. The molecule has 0 aliphatic rings. The minimum atomic E-state index is -0.362. The van der Waals surface area contributed by atoms with Crippen LogP contribution < -0.4 is 10.9 Å². The van der Waals surface area contributed by atoms with E-state index >= 15 is 0 Å². The van der Waals surface area contributed by atoms with Crippen molar-refractivity contribution in [2.24, 2.45) is 0 Å². The lowest BCUT2D eigenvalue weighted by molar-refractivity contribution is 0.102. The number of anilines is 1. The van der Waals surface area contributed by atoms with Gasteiger partial charge in [-0.05, 0) is 37.3 Å². The lowest BCUT2D eigenvalue weighted by Crippen LogP contribution is -2.20. The number of hydrogen-bond acceptors (Lipinski definition) is 5. The lowest BCUT2D eigenvalue weighted by Gasteiger charge is -2.08. The highest BCUT2D eigenvalue weighted by Gasteiger charge is 2.13. The van der Waals surface area contributed by atoms with E-state index in [9.17, 15) is 9.59 Å². The van der Waals surface area contributed by atoms with E-state index in [0.717, 1.165) is 5.56 Å². The molecule has 144 valence electrons. The molecule has 0 spiro atoms. The van der Waals surface area contributed by atoms with Gasteiger partial charge in [-0.2, -0.15) is 0 Å². The largest absolute Gasteiger partial charge is 0.298 e. The Morgan fingerprint density at radius 2 is 1.93 bits per heavy atom. The summed E-state index contributed by atoms with van der Waals surface area (Å²) in [4.78, 5) is 33.5. The number of carbonyl (C=O) groups excluding carboxylic acids is 1. The second-order valence-corrected chi connectivity index (χ2v) is 7.55. The predicted octanol–water partition coefficient (Wildman–Crippen LogP) is 4.57. The van der Waals surface area contributed by atoms with Crippen molar-refractivity contribution >= 4 is 34.0 Å². The Morgan fingerprint density at radius 3 is 2.69 bits per heavy atom. The first kappa shape index (κ1) is 19.0. The molecule has 3 aromatic heterocycles. The molecule has 0 unspecified atom stereocenters. The normalized spacial score (nSPS) is 10.7. The maximum Gasteiger partial charge on any atom is 0.258 e. The number of pyridine rings is 2. The number of halogens is 1. The Kier molecular flexibility index (Phi) is 5.24. The number of rotatable bonds is 4. The zero-order valence-corrected chi connectivity index (χ0v) is 16.9. The molecule has 4 rings (SSSR count). The zero-order valence-electron chi connectivity index (χ0n) is 15.3. The molecule has 0 bridgehead atoms. The number of thiazole rings is 1. The van der Waals surface area contributed by atoms with E-state index in [0.29, 0.717) is 32.8 Å². The average molecular weight is 423 g/mol. The standard InChI is InChI=1S/C21H15ClN4O2S/c1-13-4-7-15(8-5-13)26-11-14(6-9-18(26)27)20(28)25-21-24-17(12-29-21)19-16(22)3-2-10-23-19/h2-12H,1H3,(H,24,25,28). The zero-order chi connectivity index (χ0) is 20.4. The fourth-order valence-corrected chi connectivity index (χ4v) is 3.62. The molecule has 6 nitrogen and oxygen atoms in total. The van der Waals surface area contributed by atoms with Gasteiger partial charge in [0.1, 0.15) is 11.4 Å². The molecule has 0 aliphatic heterocycles.